The highest BCUT2D eigenvalue weighted by molar-refractivity contribution is 6.20. The molecule has 8 rings (SSSR count). The number of hydrogen-bond donors (Lipinski definition) is 0. The van der Waals surface area contributed by atoms with Gasteiger partial charge in [-0.1, -0.05) is 72.8 Å². The number of benzene rings is 6. The summed E-state index contributed by atoms with van der Waals surface area (Å²) in [6.07, 6.45) is 2.16. The van der Waals surface area contributed by atoms with Gasteiger partial charge in [-0.2, -0.15) is 0 Å². The Morgan fingerprint density at radius 3 is 2.05 bits per heavy atom. The summed E-state index contributed by atoms with van der Waals surface area (Å²) in [5.41, 5.74) is 5.80. The number of para-hydroxylation sites is 3. The normalized spacial score (nSPS) is 11.6. The van der Waals surface area contributed by atoms with E-state index in [0.29, 0.717) is 0 Å². The third kappa shape index (κ3) is 3.52. The number of ether oxygens (including phenoxy) is 1. The molecule has 0 bridgehead atoms. The Kier molecular flexibility index (Phi) is 4.82. The molecule has 0 spiro atoms. The minimum absolute atomic E-state index is 0.810. The molecule has 0 atom stereocenters. The molecule has 0 saturated carbocycles. The molecule has 6 aromatic carbocycles. The average Bonchev–Trinajstić information content (AvgIpc) is 3.56. The molecule has 184 valence electrons. The Balaban J connectivity index is 1.42. The first-order valence-electron chi connectivity index (χ1n) is 13.2. The predicted octanol–water partition coefficient (Wildman–Crippen LogP) is 9.67. The van der Waals surface area contributed by atoms with Gasteiger partial charge in [0.15, 0.2) is 0 Å². The standard InChI is InChI=1S/C36H24N2O/c1-3-10-27(11-4-1)37-21-20-26-22-25-18-19-32-31-16-7-8-17-34(31)38(36(32)33(25)24-35(26)37)28-12-9-15-30(23-28)39-29-13-5-2-6-14-29/h1-24H. The number of fused-ring (bicyclic) bond motifs is 6. The zero-order chi connectivity index (χ0) is 25.8. The van der Waals surface area contributed by atoms with E-state index >= 15 is 0 Å². The van der Waals surface area contributed by atoms with E-state index in [-0.39, 0.29) is 0 Å². The van der Waals surface area contributed by atoms with E-state index in [1.165, 1.54) is 43.5 Å². The number of nitrogens with zero attached hydrogens (tertiary/aromatic N) is 2. The zero-order valence-electron chi connectivity index (χ0n) is 21.2. The molecule has 3 heteroatoms. The Morgan fingerprint density at radius 1 is 0.436 bits per heavy atom. The predicted molar refractivity (Wildman–Crippen MR) is 162 cm³/mol. The molecule has 0 fully saturated rings. The van der Waals surface area contributed by atoms with Gasteiger partial charge in [0.2, 0.25) is 0 Å². The van der Waals surface area contributed by atoms with Crippen molar-refractivity contribution in [1.82, 2.24) is 9.13 Å². The van der Waals surface area contributed by atoms with Crippen molar-refractivity contribution in [3.63, 3.8) is 0 Å². The second-order valence-electron chi connectivity index (χ2n) is 9.88. The first-order valence-corrected chi connectivity index (χ1v) is 13.2. The van der Waals surface area contributed by atoms with Crippen molar-refractivity contribution in [2.75, 3.05) is 0 Å². The van der Waals surface area contributed by atoms with Crippen molar-refractivity contribution in [2.24, 2.45) is 0 Å². The van der Waals surface area contributed by atoms with Gasteiger partial charge in [-0.05, 0) is 66.0 Å². The lowest BCUT2D eigenvalue weighted by atomic mass is 10.0. The summed E-state index contributed by atoms with van der Waals surface area (Å²) >= 11 is 0. The Morgan fingerprint density at radius 2 is 1.18 bits per heavy atom. The maximum atomic E-state index is 6.22. The summed E-state index contributed by atoms with van der Waals surface area (Å²) in [5, 5.41) is 6.15. The summed E-state index contributed by atoms with van der Waals surface area (Å²) < 4.78 is 10.9. The second-order valence-corrected chi connectivity index (χ2v) is 9.88. The lowest BCUT2D eigenvalue weighted by Gasteiger charge is -2.13. The van der Waals surface area contributed by atoms with E-state index in [1.54, 1.807) is 0 Å². The first kappa shape index (κ1) is 21.8. The van der Waals surface area contributed by atoms with Gasteiger partial charge in [0.25, 0.3) is 0 Å². The van der Waals surface area contributed by atoms with Crippen LogP contribution in [0.15, 0.2) is 146 Å². The highest BCUT2D eigenvalue weighted by Crippen LogP contribution is 2.39. The highest BCUT2D eigenvalue weighted by atomic mass is 16.5. The quantitative estimate of drug-likeness (QED) is 0.235. The molecule has 0 radical (unpaired) electrons. The smallest absolute Gasteiger partial charge is 0.129 e. The Bertz CT molecular complexity index is 2140. The van der Waals surface area contributed by atoms with Crippen molar-refractivity contribution in [1.29, 1.82) is 0 Å². The molecule has 39 heavy (non-hydrogen) atoms. The maximum Gasteiger partial charge on any atom is 0.129 e. The van der Waals surface area contributed by atoms with Gasteiger partial charge >= 0.3 is 0 Å². The largest absolute Gasteiger partial charge is 0.457 e. The third-order valence-electron chi connectivity index (χ3n) is 7.55. The number of hydrogen-bond acceptors (Lipinski definition) is 1. The van der Waals surface area contributed by atoms with Gasteiger partial charge in [-0.15, -0.1) is 0 Å². The van der Waals surface area contributed by atoms with Crippen LogP contribution in [0.25, 0.3) is 54.9 Å². The van der Waals surface area contributed by atoms with E-state index in [1.807, 2.05) is 36.4 Å². The second kappa shape index (κ2) is 8.64. The molecule has 0 aliphatic heterocycles. The van der Waals surface area contributed by atoms with Gasteiger partial charge in [-0.3, -0.25) is 0 Å². The molecule has 0 amide bonds. The molecule has 2 heterocycles. The summed E-state index contributed by atoms with van der Waals surface area (Å²) in [6.45, 7) is 0. The number of aromatic nitrogens is 2. The zero-order valence-corrected chi connectivity index (χ0v) is 21.2. The molecular weight excluding hydrogens is 476 g/mol. The summed E-state index contributed by atoms with van der Waals surface area (Å²) in [6, 6.07) is 48.9. The van der Waals surface area contributed by atoms with Gasteiger partial charge < -0.3 is 13.9 Å². The lowest BCUT2D eigenvalue weighted by molar-refractivity contribution is 0.482. The van der Waals surface area contributed by atoms with Crippen molar-refractivity contribution in [2.45, 2.75) is 0 Å². The molecule has 0 N–H and O–H groups in total. The summed E-state index contributed by atoms with van der Waals surface area (Å²) in [4.78, 5) is 0. The van der Waals surface area contributed by atoms with Crippen LogP contribution in [-0.4, -0.2) is 9.13 Å². The van der Waals surface area contributed by atoms with Crippen LogP contribution in [0.4, 0.5) is 0 Å². The fourth-order valence-corrected chi connectivity index (χ4v) is 5.81. The number of rotatable bonds is 4. The summed E-state index contributed by atoms with van der Waals surface area (Å²) in [5.74, 6) is 1.64. The summed E-state index contributed by atoms with van der Waals surface area (Å²) in [7, 11) is 0. The molecule has 2 aromatic heterocycles. The van der Waals surface area contributed by atoms with Crippen LogP contribution in [0.3, 0.4) is 0 Å². The molecule has 0 aliphatic rings. The fraction of sp³-hybridized carbons (Fsp3) is 0. The van der Waals surface area contributed by atoms with Crippen LogP contribution in [-0.2, 0) is 0 Å². The minimum Gasteiger partial charge on any atom is -0.457 e. The molecular formula is C36H24N2O. The SMILES string of the molecule is c1ccc(Oc2cccc(-n3c4ccccc4c4ccc5cc6ccn(-c7ccccc7)c6cc5c43)c2)cc1. The van der Waals surface area contributed by atoms with Crippen molar-refractivity contribution < 1.29 is 4.74 Å². The fourth-order valence-electron chi connectivity index (χ4n) is 5.81. The Hall–Kier alpha value is -5.28. The van der Waals surface area contributed by atoms with Gasteiger partial charge in [-0.25, -0.2) is 0 Å². The van der Waals surface area contributed by atoms with Crippen LogP contribution in [0.5, 0.6) is 11.5 Å². The Labute approximate surface area is 225 Å². The van der Waals surface area contributed by atoms with Crippen LogP contribution in [0, 0.1) is 0 Å². The molecule has 0 saturated heterocycles. The molecule has 3 nitrogen and oxygen atoms in total. The lowest BCUT2D eigenvalue weighted by Crippen LogP contribution is -1.96. The van der Waals surface area contributed by atoms with Crippen molar-refractivity contribution in [3.05, 3.63) is 146 Å². The maximum absolute atomic E-state index is 6.22. The molecule has 0 aliphatic carbocycles. The third-order valence-corrected chi connectivity index (χ3v) is 7.55. The van der Waals surface area contributed by atoms with Crippen molar-refractivity contribution >= 4 is 43.5 Å². The van der Waals surface area contributed by atoms with E-state index in [9.17, 15) is 0 Å². The van der Waals surface area contributed by atoms with E-state index in [2.05, 4.69) is 118 Å². The van der Waals surface area contributed by atoms with Crippen molar-refractivity contribution in [3.8, 4) is 22.9 Å². The average molecular weight is 501 g/mol. The topological polar surface area (TPSA) is 19.1 Å². The van der Waals surface area contributed by atoms with Gasteiger partial charge in [0, 0.05) is 45.2 Å². The molecule has 8 aromatic rings. The van der Waals surface area contributed by atoms with E-state index < -0.39 is 0 Å². The molecule has 0 unspecified atom stereocenters. The van der Waals surface area contributed by atoms with Crippen LogP contribution < -0.4 is 4.74 Å². The van der Waals surface area contributed by atoms with Crippen LogP contribution in [0.2, 0.25) is 0 Å². The highest BCUT2D eigenvalue weighted by Gasteiger charge is 2.16. The van der Waals surface area contributed by atoms with Gasteiger partial charge in [0.05, 0.1) is 16.6 Å². The van der Waals surface area contributed by atoms with Crippen LogP contribution >= 0.6 is 0 Å². The van der Waals surface area contributed by atoms with Crippen LogP contribution in [0.1, 0.15) is 0 Å². The van der Waals surface area contributed by atoms with E-state index in [0.717, 1.165) is 22.9 Å². The monoisotopic (exact) mass is 500 g/mol. The first-order chi connectivity index (χ1) is 19.3. The minimum atomic E-state index is 0.810. The van der Waals surface area contributed by atoms with Gasteiger partial charge in [0.1, 0.15) is 11.5 Å². The van der Waals surface area contributed by atoms with E-state index in [4.69, 9.17) is 4.74 Å².